The van der Waals surface area contributed by atoms with Crippen LogP contribution in [0.4, 0.5) is 11.4 Å². The van der Waals surface area contributed by atoms with E-state index in [1.54, 1.807) is 6.07 Å². The Hall–Kier alpha value is -4.43. The van der Waals surface area contributed by atoms with Crippen LogP contribution in [0.2, 0.25) is 0 Å². The fourth-order valence-electron chi connectivity index (χ4n) is 4.42. The van der Waals surface area contributed by atoms with Gasteiger partial charge in [-0.2, -0.15) is 0 Å². The second-order valence-corrected chi connectivity index (χ2v) is 9.10. The lowest BCUT2D eigenvalue weighted by molar-refractivity contribution is -0.187. The van der Waals surface area contributed by atoms with Crippen molar-refractivity contribution in [1.29, 1.82) is 0 Å². The van der Waals surface area contributed by atoms with Crippen LogP contribution in [0.3, 0.4) is 0 Å². The second kappa shape index (κ2) is 10.3. The summed E-state index contributed by atoms with van der Waals surface area (Å²) in [7, 11) is 0. The second-order valence-electron chi connectivity index (χ2n) is 9.10. The zero-order valence-corrected chi connectivity index (χ0v) is 20.6. The highest BCUT2D eigenvalue weighted by Gasteiger charge is 2.24. The number of aliphatic imine (C=N–C) groups is 1. The number of rotatable bonds is 7. The van der Waals surface area contributed by atoms with Gasteiger partial charge in [-0.3, -0.25) is 9.63 Å². The van der Waals surface area contributed by atoms with Gasteiger partial charge in [0.05, 0.1) is 11.3 Å². The summed E-state index contributed by atoms with van der Waals surface area (Å²) in [6.07, 6.45) is 2.75. The van der Waals surface area contributed by atoms with Crippen LogP contribution in [-0.2, 0) is 27.6 Å². The van der Waals surface area contributed by atoms with Crippen molar-refractivity contribution < 1.29 is 19.2 Å². The van der Waals surface area contributed by atoms with E-state index >= 15 is 0 Å². The fraction of sp³-hybridized carbons (Fsp3) is 0.207. The third-order valence-corrected chi connectivity index (χ3v) is 6.28. The van der Waals surface area contributed by atoms with E-state index in [-0.39, 0.29) is 24.9 Å². The van der Waals surface area contributed by atoms with E-state index in [1.165, 1.54) is 5.06 Å². The Balaban J connectivity index is 1.40. The van der Waals surface area contributed by atoms with Crippen molar-refractivity contribution in [3.05, 3.63) is 88.5 Å². The molecule has 2 aliphatic heterocycles. The molecule has 0 saturated heterocycles. The van der Waals surface area contributed by atoms with Crippen LogP contribution in [0.25, 0.3) is 17.2 Å². The number of fused-ring (bicyclic) bond motifs is 2. The number of amidine groups is 1. The number of benzene rings is 3. The van der Waals surface area contributed by atoms with Gasteiger partial charge in [-0.1, -0.05) is 43.3 Å². The van der Waals surface area contributed by atoms with Gasteiger partial charge in [0.1, 0.15) is 19.0 Å². The summed E-state index contributed by atoms with van der Waals surface area (Å²) in [5, 5.41) is 1.38. The molecule has 0 spiro atoms. The summed E-state index contributed by atoms with van der Waals surface area (Å²) in [6, 6.07) is 18.8. The molecule has 8 nitrogen and oxygen atoms in total. The van der Waals surface area contributed by atoms with Crippen molar-refractivity contribution >= 4 is 35.2 Å². The van der Waals surface area contributed by atoms with Crippen LogP contribution in [0.5, 0.6) is 0 Å². The number of carbonyl (C=O) groups excluding carboxylic acids is 2. The molecule has 0 aliphatic carbocycles. The van der Waals surface area contributed by atoms with Crippen molar-refractivity contribution in [2.75, 3.05) is 12.3 Å². The first kappa shape index (κ1) is 24.3. The Morgan fingerprint density at radius 3 is 2.70 bits per heavy atom. The van der Waals surface area contributed by atoms with Gasteiger partial charge in [0.2, 0.25) is 0 Å². The van der Waals surface area contributed by atoms with Gasteiger partial charge in [0.15, 0.2) is 0 Å². The predicted octanol–water partition coefficient (Wildman–Crippen LogP) is 4.75. The van der Waals surface area contributed by atoms with Crippen LogP contribution in [-0.4, -0.2) is 29.3 Å². The van der Waals surface area contributed by atoms with Crippen molar-refractivity contribution in [3.63, 3.8) is 0 Å². The van der Waals surface area contributed by atoms with Gasteiger partial charge >= 0.3 is 5.97 Å². The number of amides is 1. The molecular formula is C29H28N4O4. The molecular weight excluding hydrogens is 468 g/mol. The molecule has 3 aromatic rings. The van der Waals surface area contributed by atoms with E-state index in [4.69, 9.17) is 21.0 Å². The lowest BCUT2D eigenvalue weighted by Crippen LogP contribution is -2.34. The number of anilines is 1. The molecule has 0 saturated carbocycles. The summed E-state index contributed by atoms with van der Waals surface area (Å²) in [4.78, 5) is 35.9. The molecule has 3 aromatic carbocycles. The molecule has 188 valence electrons. The first-order valence-electron chi connectivity index (χ1n) is 12.2. The van der Waals surface area contributed by atoms with Crippen LogP contribution >= 0.6 is 0 Å². The van der Waals surface area contributed by atoms with E-state index < -0.39 is 0 Å². The number of carbonyl (C=O) groups is 2. The van der Waals surface area contributed by atoms with Gasteiger partial charge in [-0.15, -0.1) is 0 Å². The minimum absolute atomic E-state index is 0.204. The molecule has 0 unspecified atom stereocenters. The van der Waals surface area contributed by atoms with E-state index in [2.05, 4.69) is 4.99 Å². The summed E-state index contributed by atoms with van der Waals surface area (Å²) >= 11 is 0. The number of nitrogens with zero attached hydrogens (tertiary/aromatic N) is 2. The Kier molecular flexibility index (Phi) is 6.74. The Bertz CT molecular complexity index is 1440. The Morgan fingerprint density at radius 1 is 1.08 bits per heavy atom. The summed E-state index contributed by atoms with van der Waals surface area (Å²) in [6.45, 7) is 2.94. The number of cyclic esters (lactones) is 1. The van der Waals surface area contributed by atoms with E-state index in [0.717, 1.165) is 34.2 Å². The average molecular weight is 497 g/mol. The quantitative estimate of drug-likeness (QED) is 0.277. The predicted molar refractivity (Wildman–Crippen MR) is 143 cm³/mol. The summed E-state index contributed by atoms with van der Waals surface area (Å²) in [5.41, 5.74) is 18.8. The van der Waals surface area contributed by atoms with Crippen LogP contribution < -0.4 is 11.5 Å². The zero-order chi connectivity index (χ0) is 25.9. The third kappa shape index (κ3) is 5.24. The number of esters is 1. The molecule has 4 N–H and O–H groups in total. The smallest absolute Gasteiger partial charge is 0.338 e. The van der Waals surface area contributed by atoms with Crippen molar-refractivity contribution in [2.45, 2.75) is 33.0 Å². The number of hydroxylamine groups is 2. The topological polar surface area (TPSA) is 120 Å². The Labute approximate surface area is 215 Å². The standard InChI is InChI=1S/C29H28N4O4/c1-2-10-33(37-16-18-4-3-5-24(30)11-18)28(34)23-12-21-8-6-20(14-26(21)32-27(31)15-23)19-7-9-22-17-36-29(35)25(22)13-19/h3-9,11-14H,2,10,15-17,30H2,1H3,(H2,31,32). The van der Waals surface area contributed by atoms with Gasteiger partial charge in [-0.05, 0) is 53.5 Å². The first-order valence-corrected chi connectivity index (χ1v) is 12.2. The number of hydrogen-bond acceptors (Lipinski definition) is 7. The zero-order valence-electron chi connectivity index (χ0n) is 20.6. The van der Waals surface area contributed by atoms with Gasteiger partial charge in [-0.25, -0.2) is 14.9 Å². The molecule has 0 aromatic heterocycles. The first-order chi connectivity index (χ1) is 17.9. The molecule has 37 heavy (non-hydrogen) atoms. The lowest BCUT2D eigenvalue weighted by Gasteiger charge is -2.22. The number of hydrogen-bond donors (Lipinski definition) is 2. The minimum Gasteiger partial charge on any atom is -0.457 e. The SMILES string of the molecule is CCCN(OCc1cccc(N)c1)C(=O)C1=Cc2ccc(-c3ccc4c(c3)C(=O)OC4)cc2N=C(N)C1. The monoisotopic (exact) mass is 496 g/mol. The van der Waals surface area contributed by atoms with Crippen molar-refractivity contribution in [1.82, 2.24) is 5.06 Å². The molecule has 5 rings (SSSR count). The van der Waals surface area contributed by atoms with Crippen LogP contribution in [0, 0.1) is 0 Å². The maximum atomic E-state index is 13.5. The molecule has 0 radical (unpaired) electrons. The van der Waals surface area contributed by atoms with Crippen molar-refractivity contribution in [2.24, 2.45) is 10.7 Å². The van der Waals surface area contributed by atoms with Crippen LogP contribution in [0.1, 0.15) is 46.8 Å². The van der Waals surface area contributed by atoms with E-state index in [1.807, 2.05) is 67.6 Å². The highest BCUT2D eigenvalue weighted by atomic mass is 16.7. The number of nitrogens with two attached hydrogens (primary N) is 2. The maximum absolute atomic E-state index is 13.5. The normalized spacial score (nSPS) is 14.1. The lowest BCUT2D eigenvalue weighted by atomic mass is 9.98. The highest BCUT2D eigenvalue weighted by Crippen LogP contribution is 2.34. The highest BCUT2D eigenvalue weighted by molar-refractivity contribution is 6.05. The molecule has 1 amide bonds. The average Bonchev–Trinajstić information content (AvgIpc) is 3.17. The third-order valence-electron chi connectivity index (χ3n) is 6.28. The Morgan fingerprint density at radius 2 is 1.89 bits per heavy atom. The molecule has 0 atom stereocenters. The molecule has 2 heterocycles. The molecule has 0 bridgehead atoms. The maximum Gasteiger partial charge on any atom is 0.338 e. The van der Waals surface area contributed by atoms with Gasteiger partial charge in [0.25, 0.3) is 5.91 Å². The summed E-state index contributed by atoms with van der Waals surface area (Å²) < 4.78 is 5.12. The van der Waals surface area contributed by atoms with E-state index in [0.29, 0.717) is 41.5 Å². The minimum atomic E-state index is -0.311. The molecule has 8 heteroatoms. The largest absolute Gasteiger partial charge is 0.457 e. The fourth-order valence-corrected chi connectivity index (χ4v) is 4.42. The van der Waals surface area contributed by atoms with Crippen molar-refractivity contribution in [3.8, 4) is 11.1 Å². The summed E-state index contributed by atoms with van der Waals surface area (Å²) in [5.74, 6) is -0.229. The molecule has 0 fully saturated rings. The number of nitrogen functional groups attached to an aromatic ring is 1. The molecule has 2 aliphatic rings. The van der Waals surface area contributed by atoms with Gasteiger partial charge in [0, 0.05) is 35.4 Å². The number of ether oxygens (including phenoxy) is 1. The van der Waals surface area contributed by atoms with Crippen LogP contribution in [0.15, 0.2) is 71.2 Å². The van der Waals surface area contributed by atoms with E-state index in [9.17, 15) is 9.59 Å². The van der Waals surface area contributed by atoms with Gasteiger partial charge < -0.3 is 16.2 Å².